The minimum absolute atomic E-state index is 0.234. The number of thiophene rings is 1. The van der Waals surface area contributed by atoms with Crippen LogP contribution in [-0.4, -0.2) is 22.1 Å². The first-order valence-corrected chi connectivity index (χ1v) is 7.00. The Balaban J connectivity index is 1.97. The maximum atomic E-state index is 12.0. The van der Waals surface area contributed by atoms with E-state index in [0.29, 0.717) is 23.6 Å². The fraction of sp³-hybridized carbons (Fsp3) is 0.214. The van der Waals surface area contributed by atoms with E-state index in [1.165, 1.54) is 17.4 Å². The minimum atomic E-state index is -0.989. The van der Waals surface area contributed by atoms with Gasteiger partial charge in [-0.3, -0.25) is 4.79 Å². The van der Waals surface area contributed by atoms with Crippen molar-refractivity contribution in [1.29, 1.82) is 0 Å². The van der Waals surface area contributed by atoms with E-state index in [9.17, 15) is 9.59 Å². The third-order valence-corrected chi connectivity index (χ3v) is 3.81. The van der Waals surface area contributed by atoms with Crippen LogP contribution in [0.3, 0.4) is 0 Å². The van der Waals surface area contributed by atoms with E-state index in [1.54, 1.807) is 13.8 Å². The van der Waals surface area contributed by atoms with Gasteiger partial charge in [0, 0.05) is 15.8 Å². The lowest BCUT2D eigenvalue weighted by Gasteiger charge is -2.02. The zero-order valence-corrected chi connectivity index (χ0v) is 12.4. The molecule has 2 heterocycles. The number of aromatic nitrogens is 1. The Kier molecular flexibility index (Phi) is 4.54. The number of aliphatic carboxylic acids is 1. The fourth-order valence-corrected chi connectivity index (χ4v) is 2.65. The van der Waals surface area contributed by atoms with Crippen molar-refractivity contribution in [2.24, 2.45) is 0 Å². The van der Waals surface area contributed by atoms with Crippen LogP contribution in [0, 0.1) is 13.8 Å². The van der Waals surface area contributed by atoms with E-state index < -0.39 is 5.97 Å². The molecule has 2 aromatic rings. The zero-order chi connectivity index (χ0) is 15.4. The Morgan fingerprint density at radius 1 is 1.43 bits per heavy atom. The first-order chi connectivity index (χ1) is 9.97. The molecule has 0 aromatic carbocycles. The fourth-order valence-electron chi connectivity index (χ4n) is 1.80. The van der Waals surface area contributed by atoms with Crippen molar-refractivity contribution < 1.29 is 19.2 Å². The summed E-state index contributed by atoms with van der Waals surface area (Å²) in [6.45, 7) is 3.77. The van der Waals surface area contributed by atoms with Gasteiger partial charge >= 0.3 is 5.97 Å². The van der Waals surface area contributed by atoms with Gasteiger partial charge in [-0.15, -0.1) is 11.3 Å². The Bertz CT molecular complexity index is 680. The number of nitrogens with one attached hydrogen (secondary N) is 1. The largest absolute Gasteiger partial charge is 0.478 e. The van der Waals surface area contributed by atoms with Crippen LogP contribution in [-0.2, 0) is 11.3 Å². The normalized spacial score (nSPS) is 11.0. The second-order valence-corrected chi connectivity index (χ2v) is 5.56. The second-order valence-electron chi connectivity index (χ2n) is 4.36. The molecule has 0 saturated heterocycles. The van der Waals surface area contributed by atoms with Crippen molar-refractivity contribution in [2.75, 3.05) is 0 Å². The van der Waals surface area contributed by atoms with E-state index >= 15 is 0 Å². The summed E-state index contributed by atoms with van der Waals surface area (Å²) in [6.07, 6.45) is 2.60. The number of rotatable bonds is 5. The topological polar surface area (TPSA) is 92.4 Å². The summed E-state index contributed by atoms with van der Waals surface area (Å²) in [6, 6.07) is 3.65. The van der Waals surface area contributed by atoms with Gasteiger partial charge in [0.1, 0.15) is 11.3 Å². The molecule has 1 amide bonds. The van der Waals surface area contributed by atoms with Crippen LogP contribution < -0.4 is 5.32 Å². The molecule has 0 aliphatic heterocycles. The molecule has 0 spiro atoms. The summed E-state index contributed by atoms with van der Waals surface area (Å²) in [5.74, 6) is -0.736. The Morgan fingerprint density at radius 2 is 2.19 bits per heavy atom. The van der Waals surface area contributed by atoms with Crippen molar-refractivity contribution in [3.8, 4) is 0 Å². The van der Waals surface area contributed by atoms with Gasteiger partial charge in [-0.1, -0.05) is 5.16 Å². The van der Waals surface area contributed by atoms with Gasteiger partial charge < -0.3 is 14.9 Å². The predicted molar refractivity (Wildman–Crippen MR) is 78.1 cm³/mol. The minimum Gasteiger partial charge on any atom is -0.478 e. The molecule has 0 unspecified atom stereocenters. The highest BCUT2D eigenvalue weighted by Gasteiger charge is 2.17. The van der Waals surface area contributed by atoms with E-state index in [1.807, 2.05) is 12.1 Å². The smallest absolute Gasteiger partial charge is 0.328 e. The molecule has 6 nitrogen and oxygen atoms in total. The Morgan fingerprint density at radius 3 is 2.81 bits per heavy atom. The van der Waals surface area contributed by atoms with Crippen molar-refractivity contribution in [3.63, 3.8) is 0 Å². The SMILES string of the molecule is Cc1noc(C)c1C(=O)NCc1ccc(C=CC(=O)O)s1. The van der Waals surface area contributed by atoms with Crippen molar-refractivity contribution in [1.82, 2.24) is 10.5 Å². The van der Waals surface area contributed by atoms with Gasteiger partial charge in [-0.2, -0.15) is 0 Å². The molecule has 0 saturated carbocycles. The number of hydrogen-bond donors (Lipinski definition) is 2. The second kappa shape index (κ2) is 6.36. The molecule has 0 radical (unpaired) electrons. The maximum absolute atomic E-state index is 12.0. The summed E-state index contributed by atoms with van der Waals surface area (Å²) < 4.78 is 4.95. The van der Waals surface area contributed by atoms with Crippen LogP contribution in [0.1, 0.15) is 31.6 Å². The summed E-state index contributed by atoms with van der Waals surface area (Å²) in [4.78, 5) is 24.2. The molecule has 0 fully saturated rings. The average molecular weight is 306 g/mol. The van der Waals surface area contributed by atoms with Gasteiger partial charge in [0.25, 0.3) is 5.91 Å². The number of carbonyl (C=O) groups is 2. The van der Waals surface area contributed by atoms with Crippen LogP contribution in [0.2, 0.25) is 0 Å². The third kappa shape index (κ3) is 3.79. The molecule has 0 bridgehead atoms. The number of aryl methyl sites for hydroxylation is 2. The molecular formula is C14H14N2O4S. The molecule has 0 aliphatic rings. The highest BCUT2D eigenvalue weighted by molar-refractivity contribution is 7.12. The van der Waals surface area contributed by atoms with E-state index in [4.69, 9.17) is 9.63 Å². The molecule has 7 heteroatoms. The highest BCUT2D eigenvalue weighted by atomic mass is 32.1. The van der Waals surface area contributed by atoms with E-state index in [-0.39, 0.29) is 5.91 Å². The number of amides is 1. The lowest BCUT2D eigenvalue weighted by atomic mass is 10.2. The Hall–Kier alpha value is -2.41. The van der Waals surface area contributed by atoms with Gasteiger partial charge in [0.15, 0.2) is 0 Å². The standard InChI is InChI=1S/C14H14N2O4S/c1-8-13(9(2)20-16-8)14(19)15-7-11-4-3-10(21-11)5-6-12(17)18/h3-6H,7H2,1-2H3,(H,15,19)(H,17,18). The highest BCUT2D eigenvalue weighted by Crippen LogP contribution is 2.18. The number of nitrogens with zero attached hydrogens (tertiary/aromatic N) is 1. The van der Waals surface area contributed by atoms with E-state index in [2.05, 4.69) is 10.5 Å². The van der Waals surface area contributed by atoms with Crippen LogP contribution in [0.15, 0.2) is 22.7 Å². The molecule has 2 N–H and O–H groups in total. The molecule has 2 aromatic heterocycles. The van der Waals surface area contributed by atoms with Gasteiger partial charge in [-0.05, 0) is 32.1 Å². The van der Waals surface area contributed by atoms with Crippen molar-refractivity contribution >= 4 is 29.3 Å². The van der Waals surface area contributed by atoms with Crippen molar-refractivity contribution in [2.45, 2.75) is 20.4 Å². The van der Waals surface area contributed by atoms with Crippen LogP contribution in [0.4, 0.5) is 0 Å². The lowest BCUT2D eigenvalue weighted by molar-refractivity contribution is -0.131. The molecule has 21 heavy (non-hydrogen) atoms. The first-order valence-electron chi connectivity index (χ1n) is 6.18. The number of hydrogen-bond acceptors (Lipinski definition) is 5. The summed E-state index contributed by atoms with van der Waals surface area (Å²) in [5, 5.41) is 15.1. The van der Waals surface area contributed by atoms with E-state index in [0.717, 1.165) is 15.8 Å². The number of carboxylic acids is 1. The quantitative estimate of drug-likeness (QED) is 0.827. The van der Waals surface area contributed by atoms with Gasteiger partial charge in [0.2, 0.25) is 0 Å². The average Bonchev–Trinajstić information content (AvgIpc) is 3.01. The third-order valence-electron chi connectivity index (χ3n) is 2.76. The lowest BCUT2D eigenvalue weighted by Crippen LogP contribution is -2.23. The zero-order valence-electron chi connectivity index (χ0n) is 11.5. The maximum Gasteiger partial charge on any atom is 0.328 e. The number of carbonyl (C=O) groups excluding carboxylic acids is 1. The molecule has 2 rings (SSSR count). The monoisotopic (exact) mass is 306 g/mol. The van der Waals surface area contributed by atoms with Gasteiger partial charge in [0.05, 0.1) is 12.2 Å². The Labute approximate surface area is 125 Å². The first kappa shape index (κ1) is 15.0. The number of carboxylic acid groups (broad SMARTS) is 1. The van der Waals surface area contributed by atoms with Crippen LogP contribution in [0.5, 0.6) is 0 Å². The summed E-state index contributed by atoms with van der Waals surface area (Å²) >= 11 is 1.42. The van der Waals surface area contributed by atoms with Crippen molar-refractivity contribution in [3.05, 3.63) is 45.0 Å². The molecule has 110 valence electrons. The molecule has 0 atom stereocenters. The van der Waals surface area contributed by atoms with Gasteiger partial charge in [-0.25, -0.2) is 4.79 Å². The summed E-state index contributed by atoms with van der Waals surface area (Å²) in [7, 11) is 0. The molecule has 0 aliphatic carbocycles. The predicted octanol–water partition coefficient (Wildman–Crippen LogP) is 2.38. The molecular weight excluding hydrogens is 292 g/mol. The summed E-state index contributed by atoms with van der Waals surface area (Å²) in [5.41, 5.74) is 1.01. The van der Waals surface area contributed by atoms with Crippen LogP contribution >= 0.6 is 11.3 Å². The van der Waals surface area contributed by atoms with Crippen LogP contribution in [0.25, 0.3) is 6.08 Å².